The second-order valence-electron chi connectivity index (χ2n) is 5.10. The largest absolute Gasteiger partial charge is 0.491 e. The van der Waals surface area contributed by atoms with Gasteiger partial charge in [-0.05, 0) is 6.07 Å². The summed E-state index contributed by atoms with van der Waals surface area (Å²) in [5, 5.41) is 2.07. The van der Waals surface area contributed by atoms with E-state index in [0.29, 0.717) is 0 Å². The number of pyridine rings is 1. The van der Waals surface area contributed by atoms with Crippen LogP contribution in [0.25, 0.3) is 10.9 Å². The number of halogens is 3. The van der Waals surface area contributed by atoms with Gasteiger partial charge in [0, 0.05) is 19.9 Å². The molecule has 1 aromatic carbocycles. The number of carbonyl (C=O) groups is 1. The number of benzene rings is 1. The molecule has 1 heterocycles. The van der Waals surface area contributed by atoms with Crippen LogP contribution in [0, 0.1) is 11.6 Å². The van der Waals surface area contributed by atoms with Crippen molar-refractivity contribution in [2.75, 3.05) is 34.0 Å². The van der Waals surface area contributed by atoms with E-state index in [2.05, 4.69) is 10.1 Å². The van der Waals surface area contributed by atoms with Gasteiger partial charge in [0.1, 0.15) is 12.2 Å². The smallest absolute Gasteiger partial charge is 0.256 e. The summed E-state index contributed by atoms with van der Waals surface area (Å²) in [6, 6.07) is 0.778. The maximum absolute atomic E-state index is 14.5. The molecule has 0 saturated heterocycles. The van der Waals surface area contributed by atoms with E-state index in [0.717, 1.165) is 23.9 Å². The summed E-state index contributed by atoms with van der Waals surface area (Å²) in [4.78, 5) is 24.6. The van der Waals surface area contributed by atoms with Crippen molar-refractivity contribution in [3.63, 3.8) is 0 Å². The van der Waals surface area contributed by atoms with E-state index in [4.69, 9.17) is 4.74 Å². The van der Waals surface area contributed by atoms with Crippen molar-refractivity contribution in [3.05, 3.63) is 39.7 Å². The van der Waals surface area contributed by atoms with Crippen molar-refractivity contribution in [2.45, 2.75) is 6.54 Å². The van der Waals surface area contributed by atoms with Crippen molar-refractivity contribution in [1.82, 2.24) is 9.88 Å². The Hall–Kier alpha value is -2.55. The summed E-state index contributed by atoms with van der Waals surface area (Å²) in [5.74, 6) is -3.65. The second kappa shape index (κ2) is 8.02. The highest BCUT2D eigenvalue weighted by atomic mass is 19.1. The number of nitrogens with zero attached hydrogens (tertiary/aromatic N) is 1. The molecule has 0 aliphatic rings. The van der Waals surface area contributed by atoms with Crippen LogP contribution in [-0.2, 0) is 11.3 Å². The van der Waals surface area contributed by atoms with Crippen molar-refractivity contribution < 1.29 is 27.4 Å². The number of nitrogens with one attached hydrogen (secondary N) is 1. The average Bonchev–Trinajstić information content (AvgIpc) is 2.57. The van der Waals surface area contributed by atoms with Crippen LogP contribution >= 0.6 is 0 Å². The maximum Gasteiger partial charge on any atom is 0.256 e. The third-order valence-corrected chi connectivity index (χ3v) is 3.58. The molecule has 6 nitrogen and oxygen atoms in total. The third kappa shape index (κ3) is 3.60. The Bertz CT molecular complexity index is 852. The molecule has 0 unspecified atom stereocenters. The van der Waals surface area contributed by atoms with Gasteiger partial charge in [-0.25, -0.2) is 13.2 Å². The number of methoxy groups -OCH3 is 2. The molecule has 0 aliphatic heterocycles. The molecule has 2 rings (SSSR count). The highest BCUT2D eigenvalue weighted by Gasteiger charge is 2.22. The lowest BCUT2D eigenvalue weighted by Crippen LogP contribution is -2.32. The van der Waals surface area contributed by atoms with Crippen LogP contribution in [0.15, 0.2) is 17.1 Å². The monoisotopic (exact) mass is 358 g/mol. The molecule has 0 bridgehead atoms. The molecular weight excluding hydrogens is 341 g/mol. The Labute approximate surface area is 141 Å². The lowest BCUT2D eigenvalue weighted by atomic mass is 10.1. The first-order valence-corrected chi connectivity index (χ1v) is 7.38. The number of carbonyl (C=O) groups excluding carboxylic acids is 1. The highest BCUT2D eigenvalue weighted by Crippen LogP contribution is 2.28. The van der Waals surface area contributed by atoms with Crippen LogP contribution in [-0.4, -0.2) is 44.5 Å². The molecule has 0 saturated carbocycles. The average molecular weight is 358 g/mol. The molecule has 25 heavy (non-hydrogen) atoms. The van der Waals surface area contributed by atoms with Gasteiger partial charge in [-0.1, -0.05) is 0 Å². The van der Waals surface area contributed by atoms with Gasteiger partial charge in [0.05, 0.1) is 31.2 Å². The summed E-state index contributed by atoms with van der Waals surface area (Å²) >= 11 is 0. The zero-order valence-corrected chi connectivity index (χ0v) is 13.7. The van der Waals surface area contributed by atoms with Gasteiger partial charge in [-0.3, -0.25) is 9.59 Å². The molecule has 1 aromatic heterocycles. The number of hydrogen-bond donors (Lipinski definition) is 1. The van der Waals surface area contributed by atoms with Crippen LogP contribution in [0.2, 0.25) is 0 Å². The predicted octanol–water partition coefficient (Wildman–Crippen LogP) is 1.63. The van der Waals surface area contributed by atoms with Crippen LogP contribution < -0.4 is 15.5 Å². The van der Waals surface area contributed by atoms with Gasteiger partial charge in [0.25, 0.3) is 5.91 Å². The summed E-state index contributed by atoms with van der Waals surface area (Å²) in [7, 11) is 2.51. The number of fused-ring (bicyclic) bond motifs is 1. The molecule has 2 aromatic rings. The molecule has 1 N–H and O–H groups in total. The number of alkyl halides is 1. The molecule has 136 valence electrons. The molecule has 0 spiro atoms. The van der Waals surface area contributed by atoms with Crippen molar-refractivity contribution in [2.24, 2.45) is 0 Å². The first kappa shape index (κ1) is 18.8. The molecule has 0 radical (unpaired) electrons. The van der Waals surface area contributed by atoms with E-state index in [9.17, 15) is 22.8 Å². The SMILES string of the molecule is COCCNC(=O)c1cn(CCF)c2c(F)c(OC)c(F)cc2c1=O. The standard InChI is InChI=1S/C16H17F3N2O4/c1-24-6-4-20-16(23)10-8-21(5-3-17)13-9(14(10)22)7-11(18)15(25-2)12(13)19/h7-8H,3-6H2,1-2H3,(H,20,23). The van der Waals surface area contributed by atoms with E-state index in [1.807, 2.05) is 0 Å². The number of amides is 1. The molecule has 0 aliphatic carbocycles. The van der Waals surface area contributed by atoms with Crippen LogP contribution in [0.5, 0.6) is 5.75 Å². The first-order chi connectivity index (χ1) is 12.0. The van der Waals surface area contributed by atoms with Crippen LogP contribution in [0.4, 0.5) is 13.2 Å². The molecule has 0 atom stereocenters. The van der Waals surface area contributed by atoms with Gasteiger partial charge in [-0.15, -0.1) is 0 Å². The van der Waals surface area contributed by atoms with Crippen LogP contribution in [0.1, 0.15) is 10.4 Å². The third-order valence-electron chi connectivity index (χ3n) is 3.58. The molecule has 0 fully saturated rings. The fourth-order valence-corrected chi connectivity index (χ4v) is 2.45. The summed E-state index contributed by atoms with van der Waals surface area (Å²) < 4.78 is 51.8. The minimum atomic E-state index is -1.13. The maximum atomic E-state index is 14.5. The van der Waals surface area contributed by atoms with E-state index >= 15 is 0 Å². The zero-order chi connectivity index (χ0) is 18.6. The van der Waals surface area contributed by atoms with E-state index in [1.165, 1.54) is 7.11 Å². The van der Waals surface area contributed by atoms with E-state index in [1.54, 1.807) is 0 Å². The Morgan fingerprint density at radius 3 is 2.64 bits per heavy atom. The van der Waals surface area contributed by atoms with E-state index < -0.39 is 35.4 Å². The molecular formula is C16H17F3N2O4. The molecule has 9 heteroatoms. The summed E-state index contributed by atoms with van der Waals surface area (Å²) in [6.45, 7) is -0.831. The minimum Gasteiger partial charge on any atom is -0.491 e. The quantitative estimate of drug-likeness (QED) is 0.764. The van der Waals surface area contributed by atoms with Crippen molar-refractivity contribution in [1.29, 1.82) is 0 Å². The van der Waals surface area contributed by atoms with Gasteiger partial charge in [0.15, 0.2) is 17.4 Å². The summed E-state index contributed by atoms with van der Waals surface area (Å²) in [5.41, 5.74) is -1.53. The van der Waals surface area contributed by atoms with Gasteiger partial charge >= 0.3 is 0 Å². The zero-order valence-electron chi connectivity index (χ0n) is 13.7. The molecule has 1 amide bonds. The van der Waals surface area contributed by atoms with Crippen molar-refractivity contribution >= 4 is 16.8 Å². The highest BCUT2D eigenvalue weighted by molar-refractivity contribution is 5.97. The van der Waals surface area contributed by atoms with Gasteiger partial charge in [0.2, 0.25) is 5.43 Å². The van der Waals surface area contributed by atoms with Gasteiger partial charge < -0.3 is 19.4 Å². The normalized spacial score (nSPS) is 10.9. The lowest BCUT2D eigenvalue weighted by molar-refractivity contribution is 0.0935. The Morgan fingerprint density at radius 1 is 1.32 bits per heavy atom. The van der Waals surface area contributed by atoms with Crippen molar-refractivity contribution in [3.8, 4) is 5.75 Å². The van der Waals surface area contributed by atoms with Crippen LogP contribution in [0.3, 0.4) is 0 Å². The number of rotatable bonds is 7. The fourth-order valence-electron chi connectivity index (χ4n) is 2.45. The number of hydrogen-bond acceptors (Lipinski definition) is 4. The Kier molecular flexibility index (Phi) is 6.02. The van der Waals surface area contributed by atoms with E-state index in [-0.39, 0.29) is 36.2 Å². The predicted molar refractivity (Wildman–Crippen MR) is 84.9 cm³/mol. The number of aromatic nitrogens is 1. The Morgan fingerprint density at radius 2 is 2.04 bits per heavy atom. The Balaban J connectivity index is 2.69. The van der Waals surface area contributed by atoms with Gasteiger partial charge in [-0.2, -0.15) is 0 Å². The first-order valence-electron chi connectivity index (χ1n) is 7.38. The minimum absolute atomic E-state index is 0.140. The second-order valence-corrected chi connectivity index (χ2v) is 5.10. The topological polar surface area (TPSA) is 69.6 Å². The summed E-state index contributed by atoms with van der Waals surface area (Å²) in [6.07, 6.45) is 1.05. The number of ether oxygens (including phenoxy) is 2. The number of aryl methyl sites for hydroxylation is 1. The lowest BCUT2D eigenvalue weighted by Gasteiger charge is -2.15. The fraction of sp³-hybridized carbons (Fsp3) is 0.375.